The monoisotopic (exact) mass is 441 g/mol. The summed E-state index contributed by atoms with van der Waals surface area (Å²) in [6.45, 7) is 1.32. The summed E-state index contributed by atoms with van der Waals surface area (Å²) in [5.41, 5.74) is 3.54. The molecular formula is C29H31NO3. The maximum absolute atomic E-state index is 7.20. The molecule has 2 atom stereocenters. The van der Waals surface area contributed by atoms with Crippen LogP contribution in [0.25, 0.3) is 0 Å². The summed E-state index contributed by atoms with van der Waals surface area (Å²) in [6.07, 6.45) is 6.86. The summed E-state index contributed by atoms with van der Waals surface area (Å²) in [7, 11) is 0. The van der Waals surface area contributed by atoms with Crippen LogP contribution in [0, 0.1) is 0 Å². The fraction of sp³-hybridized carbons (Fsp3) is 0.379. The molecule has 3 aromatic carbocycles. The maximum atomic E-state index is 7.20. The summed E-state index contributed by atoms with van der Waals surface area (Å²) >= 11 is 0. The van der Waals surface area contributed by atoms with Crippen molar-refractivity contribution in [3.63, 3.8) is 0 Å². The Morgan fingerprint density at radius 1 is 0.848 bits per heavy atom. The highest BCUT2D eigenvalue weighted by Crippen LogP contribution is 2.48. The normalized spacial score (nSPS) is 23.8. The van der Waals surface area contributed by atoms with Crippen LogP contribution in [-0.4, -0.2) is 30.0 Å². The predicted octanol–water partition coefficient (Wildman–Crippen LogP) is 6.11. The SMILES string of the molecule is c1ccc(C(O[C@]23CCCC(CC2)N3CCc2ccc3c(c2)OCO3)c2ccccc2)cc1. The van der Waals surface area contributed by atoms with Crippen LogP contribution in [-0.2, 0) is 11.2 Å². The van der Waals surface area contributed by atoms with E-state index in [0.29, 0.717) is 12.8 Å². The van der Waals surface area contributed by atoms with Crippen LogP contribution in [0.4, 0.5) is 0 Å². The Hall–Kier alpha value is -2.82. The van der Waals surface area contributed by atoms with E-state index in [4.69, 9.17) is 14.2 Å². The lowest BCUT2D eigenvalue weighted by atomic mass is 9.96. The van der Waals surface area contributed by atoms with Gasteiger partial charge < -0.3 is 14.2 Å². The molecule has 170 valence electrons. The molecule has 2 fully saturated rings. The molecule has 0 radical (unpaired) electrons. The molecular weight excluding hydrogens is 410 g/mol. The van der Waals surface area contributed by atoms with E-state index in [9.17, 15) is 0 Å². The first-order valence-electron chi connectivity index (χ1n) is 12.2. The summed E-state index contributed by atoms with van der Waals surface area (Å²) in [5, 5.41) is 0. The second kappa shape index (κ2) is 8.85. The van der Waals surface area contributed by atoms with Crippen molar-refractivity contribution in [3.05, 3.63) is 95.6 Å². The van der Waals surface area contributed by atoms with Gasteiger partial charge in [0.25, 0.3) is 0 Å². The van der Waals surface area contributed by atoms with Crippen molar-refractivity contribution in [2.75, 3.05) is 13.3 Å². The van der Waals surface area contributed by atoms with Gasteiger partial charge in [0.05, 0.1) is 0 Å². The third-order valence-electron chi connectivity index (χ3n) is 7.56. The molecule has 6 rings (SSSR count). The van der Waals surface area contributed by atoms with Crippen molar-refractivity contribution in [1.82, 2.24) is 4.90 Å². The number of hydrogen-bond acceptors (Lipinski definition) is 4. The summed E-state index contributed by atoms with van der Waals surface area (Å²) < 4.78 is 18.3. The van der Waals surface area contributed by atoms with Gasteiger partial charge in [0, 0.05) is 12.6 Å². The number of fused-ring (bicyclic) bond motifs is 3. The van der Waals surface area contributed by atoms with Gasteiger partial charge in [-0.3, -0.25) is 4.90 Å². The predicted molar refractivity (Wildman–Crippen MR) is 128 cm³/mol. The lowest BCUT2D eigenvalue weighted by Gasteiger charge is -2.46. The standard InChI is InChI=1S/C29H31NO3/c1-3-8-23(9-4-1)28(24-10-5-2-6-11-24)33-29-17-7-12-25(15-18-29)30(29)19-16-22-13-14-26-27(20-22)32-21-31-26/h1-6,8-11,13-14,20,25,28H,7,12,15-19,21H2/t25?,29-/m1/s1. The summed E-state index contributed by atoms with van der Waals surface area (Å²) in [6, 6.07) is 28.3. The third-order valence-corrected chi connectivity index (χ3v) is 7.56. The highest BCUT2D eigenvalue weighted by molar-refractivity contribution is 5.44. The number of nitrogens with zero attached hydrogens (tertiary/aromatic N) is 1. The molecule has 3 aliphatic heterocycles. The second-order valence-electron chi connectivity index (χ2n) is 9.48. The van der Waals surface area contributed by atoms with Gasteiger partial charge in [-0.1, -0.05) is 66.7 Å². The van der Waals surface area contributed by atoms with E-state index in [1.54, 1.807) is 0 Å². The largest absolute Gasteiger partial charge is 0.454 e. The zero-order valence-electron chi connectivity index (χ0n) is 19.0. The van der Waals surface area contributed by atoms with Crippen molar-refractivity contribution >= 4 is 0 Å². The van der Waals surface area contributed by atoms with E-state index in [0.717, 1.165) is 37.3 Å². The van der Waals surface area contributed by atoms with Gasteiger partial charge in [0.2, 0.25) is 6.79 Å². The summed E-state index contributed by atoms with van der Waals surface area (Å²) in [4.78, 5) is 2.68. The first kappa shape index (κ1) is 20.8. The molecule has 0 amide bonds. The zero-order chi connectivity index (χ0) is 22.1. The molecule has 0 aliphatic carbocycles. The van der Waals surface area contributed by atoms with E-state index in [2.05, 4.69) is 77.7 Å². The fourth-order valence-corrected chi connectivity index (χ4v) is 5.93. The van der Waals surface area contributed by atoms with E-state index < -0.39 is 0 Å². The van der Waals surface area contributed by atoms with Crippen LogP contribution >= 0.6 is 0 Å². The van der Waals surface area contributed by atoms with E-state index >= 15 is 0 Å². The lowest BCUT2D eigenvalue weighted by molar-refractivity contribution is -0.185. The average Bonchev–Trinajstić information content (AvgIpc) is 3.41. The van der Waals surface area contributed by atoms with Gasteiger partial charge in [0.15, 0.2) is 11.5 Å². The van der Waals surface area contributed by atoms with Gasteiger partial charge in [-0.25, -0.2) is 0 Å². The minimum atomic E-state index is -0.199. The van der Waals surface area contributed by atoms with E-state index in [1.807, 2.05) is 6.07 Å². The third kappa shape index (κ3) is 4.03. The van der Waals surface area contributed by atoms with Gasteiger partial charge in [-0.15, -0.1) is 0 Å². The Morgan fingerprint density at radius 2 is 1.58 bits per heavy atom. The highest BCUT2D eigenvalue weighted by Gasteiger charge is 2.50. The number of hydrogen-bond donors (Lipinski definition) is 0. The Morgan fingerprint density at radius 3 is 2.33 bits per heavy atom. The number of piperidine rings is 1. The van der Waals surface area contributed by atoms with Crippen LogP contribution in [0.5, 0.6) is 11.5 Å². The molecule has 33 heavy (non-hydrogen) atoms. The molecule has 0 N–H and O–H groups in total. The van der Waals surface area contributed by atoms with Gasteiger partial charge >= 0.3 is 0 Å². The van der Waals surface area contributed by atoms with E-state index in [-0.39, 0.29) is 11.8 Å². The molecule has 1 unspecified atom stereocenters. The van der Waals surface area contributed by atoms with Gasteiger partial charge in [0.1, 0.15) is 11.8 Å². The molecule has 3 aliphatic rings. The Labute approximate surface area is 196 Å². The minimum absolute atomic E-state index is 0.0581. The molecule has 3 aromatic rings. The van der Waals surface area contributed by atoms with Crippen molar-refractivity contribution in [2.45, 2.75) is 56.4 Å². The summed E-state index contributed by atoms with van der Waals surface area (Å²) in [5.74, 6) is 1.72. The quantitative estimate of drug-likeness (QED) is 0.443. The second-order valence-corrected chi connectivity index (χ2v) is 9.48. The topological polar surface area (TPSA) is 30.9 Å². The number of benzene rings is 3. The fourth-order valence-electron chi connectivity index (χ4n) is 5.93. The van der Waals surface area contributed by atoms with Crippen LogP contribution in [0.1, 0.15) is 54.9 Å². The number of rotatable bonds is 7. The van der Waals surface area contributed by atoms with Crippen molar-refractivity contribution < 1.29 is 14.2 Å². The first-order chi connectivity index (χ1) is 16.3. The molecule has 0 saturated carbocycles. The van der Waals surface area contributed by atoms with Crippen molar-refractivity contribution in [1.29, 1.82) is 0 Å². The van der Waals surface area contributed by atoms with Crippen molar-refractivity contribution in [2.24, 2.45) is 0 Å². The van der Waals surface area contributed by atoms with Crippen LogP contribution < -0.4 is 9.47 Å². The number of ether oxygens (including phenoxy) is 3. The molecule has 3 heterocycles. The van der Waals surface area contributed by atoms with Gasteiger partial charge in [-0.2, -0.15) is 0 Å². The molecule has 0 spiro atoms. The lowest BCUT2D eigenvalue weighted by Crippen LogP contribution is -2.53. The maximum Gasteiger partial charge on any atom is 0.231 e. The van der Waals surface area contributed by atoms with Crippen LogP contribution in [0.2, 0.25) is 0 Å². The molecule has 2 bridgehead atoms. The highest BCUT2D eigenvalue weighted by atomic mass is 16.7. The Bertz CT molecular complexity index is 1040. The Kier molecular flexibility index (Phi) is 5.57. The first-order valence-corrected chi connectivity index (χ1v) is 12.2. The molecule has 0 aromatic heterocycles. The Balaban J connectivity index is 1.26. The van der Waals surface area contributed by atoms with Crippen LogP contribution in [0.3, 0.4) is 0 Å². The van der Waals surface area contributed by atoms with Crippen molar-refractivity contribution in [3.8, 4) is 11.5 Å². The average molecular weight is 442 g/mol. The zero-order valence-corrected chi connectivity index (χ0v) is 19.0. The minimum Gasteiger partial charge on any atom is -0.454 e. The van der Waals surface area contributed by atoms with Gasteiger partial charge in [-0.05, 0) is 67.3 Å². The van der Waals surface area contributed by atoms with Crippen LogP contribution in [0.15, 0.2) is 78.9 Å². The smallest absolute Gasteiger partial charge is 0.231 e. The van der Waals surface area contributed by atoms with E-state index in [1.165, 1.54) is 36.0 Å². The molecule has 4 nitrogen and oxygen atoms in total. The molecule has 2 saturated heterocycles. The molecule has 4 heteroatoms.